The van der Waals surface area contributed by atoms with E-state index in [9.17, 15) is 0 Å². The van der Waals surface area contributed by atoms with Crippen LogP contribution in [-0.4, -0.2) is 43.8 Å². The SMILES string of the molecule is C=CCN(C)CCCCCCOc1ccc(N(C)C(=S)Nc2cccc3ccccc23)cc1. The Kier molecular flexibility index (Phi) is 9.73. The van der Waals surface area contributed by atoms with Gasteiger partial charge in [0.15, 0.2) is 5.11 Å². The molecule has 4 nitrogen and oxygen atoms in total. The van der Waals surface area contributed by atoms with Gasteiger partial charge in [0.1, 0.15) is 5.75 Å². The summed E-state index contributed by atoms with van der Waals surface area (Å²) in [4.78, 5) is 4.27. The zero-order chi connectivity index (χ0) is 23.5. The molecular weight excluding hydrogens is 426 g/mol. The van der Waals surface area contributed by atoms with Crippen molar-refractivity contribution in [1.29, 1.82) is 0 Å². The van der Waals surface area contributed by atoms with Crippen LogP contribution in [0.15, 0.2) is 79.4 Å². The Hall–Kier alpha value is -2.89. The van der Waals surface area contributed by atoms with E-state index < -0.39 is 0 Å². The van der Waals surface area contributed by atoms with Crippen molar-refractivity contribution >= 4 is 39.5 Å². The third-order valence-electron chi connectivity index (χ3n) is 5.70. The molecule has 0 saturated heterocycles. The zero-order valence-corrected chi connectivity index (χ0v) is 20.6. The maximum absolute atomic E-state index is 5.92. The van der Waals surface area contributed by atoms with Gasteiger partial charge < -0.3 is 19.9 Å². The molecule has 0 heterocycles. The van der Waals surface area contributed by atoms with Crippen molar-refractivity contribution < 1.29 is 4.74 Å². The van der Waals surface area contributed by atoms with Gasteiger partial charge in [-0.15, -0.1) is 6.58 Å². The van der Waals surface area contributed by atoms with Crippen LogP contribution in [0.1, 0.15) is 25.7 Å². The summed E-state index contributed by atoms with van der Waals surface area (Å²) in [5.74, 6) is 0.894. The van der Waals surface area contributed by atoms with E-state index in [0.717, 1.165) is 48.6 Å². The number of unbranched alkanes of at least 4 members (excludes halogenated alkanes) is 3. The van der Waals surface area contributed by atoms with E-state index in [-0.39, 0.29) is 0 Å². The van der Waals surface area contributed by atoms with E-state index >= 15 is 0 Å². The molecule has 3 rings (SSSR count). The smallest absolute Gasteiger partial charge is 0.177 e. The molecule has 0 spiro atoms. The second-order valence-electron chi connectivity index (χ2n) is 8.32. The molecule has 33 heavy (non-hydrogen) atoms. The monoisotopic (exact) mass is 461 g/mol. The molecule has 3 aromatic rings. The molecule has 0 fully saturated rings. The molecule has 174 valence electrons. The number of hydrogen-bond donors (Lipinski definition) is 1. The molecule has 0 aliphatic heterocycles. The van der Waals surface area contributed by atoms with Crippen LogP contribution in [0, 0.1) is 0 Å². The average molecular weight is 462 g/mol. The molecular formula is C28H35N3OS. The van der Waals surface area contributed by atoms with Crippen molar-refractivity contribution in [2.75, 3.05) is 44.0 Å². The standard InChI is InChI=1S/C28H35N3OS/c1-4-20-30(2)21-9-5-6-10-22-32-25-18-16-24(17-19-25)31(3)28(33)29-27-15-11-13-23-12-7-8-14-26(23)27/h4,7-8,11-19H,1,5-6,9-10,20-22H2,2-3H3,(H,29,33). The van der Waals surface area contributed by atoms with Gasteiger partial charge in [0, 0.05) is 30.4 Å². The van der Waals surface area contributed by atoms with Gasteiger partial charge in [-0.3, -0.25) is 0 Å². The molecule has 0 unspecified atom stereocenters. The Morgan fingerprint density at radius 3 is 2.45 bits per heavy atom. The van der Waals surface area contributed by atoms with Crippen LogP contribution in [-0.2, 0) is 0 Å². The van der Waals surface area contributed by atoms with Gasteiger partial charge in [0.2, 0.25) is 0 Å². The predicted molar refractivity (Wildman–Crippen MR) is 147 cm³/mol. The summed E-state index contributed by atoms with van der Waals surface area (Å²) in [6, 6.07) is 22.6. The average Bonchev–Trinajstić information content (AvgIpc) is 2.84. The number of fused-ring (bicyclic) bond motifs is 1. The quantitative estimate of drug-likeness (QED) is 0.183. The number of likely N-dealkylation sites (N-methyl/N-ethyl adjacent to an activating group) is 1. The van der Waals surface area contributed by atoms with Crippen LogP contribution >= 0.6 is 12.2 Å². The second-order valence-corrected chi connectivity index (χ2v) is 8.71. The highest BCUT2D eigenvalue weighted by molar-refractivity contribution is 7.80. The molecule has 0 aliphatic rings. The third-order valence-corrected chi connectivity index (χ3v) is 6.08. The highest BCUT2D eigenvalue weighted by Gasteiger charge is 2.09. The van der Waals surface area contributed by atoms with Crippen molar-refractivity contribution in [2.45, 2.75) is 25.7 Å². The topological polar surface area (TPSA) is 27.7 Å². The minimum atomic E-state index is 0.652. The molecule has 3 aromatic carbocycles. The highest BCUT2D eigenvalue weighted by Crippen LogP contribution is 2.25. The van der Waals surface area contributed by atoms with Gasteiger partial charge in [0.25, 0.3) is 0 Å². The van der Waals surface area contributed by atoms with Gasteiger partial charge in [-0.25, -0.2) is 0 Å². The zero-order valence-electron chi connectivity index (χ0n) is 19.8. The number of benzene rings is 3. The lowest BCUT2D eigenvalue weighted by Gasteiger charge is -2.22. The maximum Gasteiger partial charge on any atom is 0.177 e. The maximum atomic E-state index is 5.92. The van der Waals surface area contributed by atoms with E-state index in [2.05, 4.69) is 48.1 Å². The highest BCUT2D eigenvalue weighted by atomic mass is 32.1. The number of nitrogens with zero attached hydrogens (tertiary/aromatic N) is 2. The minimum absolute atomic E-state index is 0.652. The van der Waals surface area contributed by atoms with Crippen LogP contribution in [0.5, 0.6) is 5.75 Å². The fraction of sp³-hybridized carbons (Fsp3) is 0.321. The number of nitrogens with one attached hydrogen (secondary N) is 1. The number of hydrogen-bond acceptors (Lipinski definition) is 3. The van der Waals surface area contributed by atoms with Crippen molar-refractivity contribution in [3.8, 4) is 5.75 Å². The molecule has 0 bridgehead atoms. The summed E-state index contributed by atoms with van der Waals surface area (Å²) in [5.41, 5.74) is 2.03. The molecule has 0 radical (unpaired) electrons. The Bertz CT molecular complexity index is 1030. The summed E-state index contributed by atoms with van der Waals surface area (Å²) in [6.45, 7) is 6.61. The first-order valence-corrected chi connectivity index (χ1v) is 12.0. The lowest BCUT2D eigenvalue weighted by atomic mass is 10.1. The number of anilines is 2. The van der Waals surface area contributed by atoms with Crippen molar-refractivity contribution in [2.24, 2.45) is 0 Å². The third kappa shape index (κ3) is 7.58. The van der Waals surface area contributed by atoms with E-state index in [1.165, 1.54) is 24.6 Å². The molecule has 0 saturated carbocycles. The first-order chi connectivity index (χ1) is 16.1. The summed E-state index contributed by atoms with van der Waals surface area (Å²) >= 11 is 5.66. The van der Waals surface area contributed by atoms with Crippen LogP contribution in [0.3, 0.4) is 0 Å². The summed E-state index contributed by atoms with van der Waals surface area (Å²) in [6.07, 6.45) is 6.67. The van der Waals surface area contributed by atoms with Gasteiger partial charge in [-0.1, -0.05) is 55.3 Å². The number of thiocarbonyl (C=S) groups is 1. The summed E-state index contributed by atoms with van der Waals surface area (Å²) < 4.78 is 5.92. The van der Waals surface area contributed by atoms with Crippen LogP contribution in [0.25, 0.3) is 10.8 Å². The molecule has 1 N–H and O–H groups in total. The molecule has 0 atom stereocenters. The van der Waals surface area contributed by atoms with Crippen molar-refractivity contribution in [1.82, 2.24) is 4.90 Å². The van der Waals surface area contributed by atoms with Gasteiger partial charge >= 0.3 is 0 Å². The molecule has 0 aromatic heterocycles. The Balaban J connectivity index is 1.42. The fourth-order valence-corrected chi connectivity index (χ4v) is 3.97. The Morgan fingerprint density at radius 1 is 0.939 bits per heavy atom. The molecule has 0 aliphatic carbocycles. The lowest BCUT2D eigenvalue weighted by molar-refractivity contribution is 0.300. The van der Waals surface area contributed by atoms with E-state index in [1.807, 2.05) is 60.5 Å². The lowest BCUT2D eigenvalue weighted by Crippen LogP contribution is -2.30. The van der Waals surface area contributed by atoms with Crippen LogP contribution in [0.2, 0.25) is 0 Å². The molecule has 0 amide bonds. The Morgan fingerprint density at radius 2 is 1.67 bits per heavy atom. The summed E-state index contributed by atoms with van der Waals surface area (Å²) in [5, 5.41) is 6.39. The summed E-state index contributed by atoms with van der Waals surface area (Å²) in [7, 11) is 4.11. The minimum Gasteiger partial charge on any atom is -0.494 e. The van der Waals surface area contributed by atoms with Gasteiger partial charge in [-0.2, -0.15) is 0 Å². The Labute approximate surface area is 203 Å². The van der Waals surface area contributed by atoms with E-state index in [0.29, 0.717) is 5.11 Å². The second kappa shape index (κ2) is 13.0. The molecule has 5 heteroatoms. The number of ether oxygens (including phenoxy) is 1. The van der Waals surface area contributed by atoms with Gasteiger partial charge in [-0.05, 0) is 74.4 Å². The largest absolute Gasteiger partial charge is 0.494 e. The first kappa shape index (κ1) is 24.7. The van der Waals surface area contributed by atoms with Crippen LogP contribution < -0.4 is 15.0 Å². The van der Waals surface area contributed by atoms with E-state index in [1.54, 1.807) is 0 Å². The number of rotatable bonds is 12. The normalized spacial score (nSPS) is 10.9. The van der Waals surface area contributed by atoms with Crippen molar-refractivity contribution in [3.63, 3.8) is 0 Å². The van der Waals surface area contributed by atoms with E-state index in [4.69, 9.17) is 17.0 Å². The van der Waals surface area contributed by atoms with Gasteiger partial charge in [0.05, 0.1) is 6.61 Å². The van der Waals surface area contributed by atoms with Crippen LogP contribution in [0.4, 0.5) is 11.4 Å². The first-order valence-electron chi connectivity index (χ1n) is 11.6. The van der Waals surface area contributed by atoms with Crippen molar-refractivity contribution in [3.05, 3.63) is 79.4 Å². The predicted octanol–water partition coefficient (Wildman–Crippen LogP) is 6.73. The fourth-order valence-electron chi connectivity index (χ4n) is 3.76.